The second kappa shape index (κ2) is 5.71. The van der Waals surface area contributed by atoms with Crippen LogP contribution in [0, 0.1) is 12.8 Å². The summed E-state index contributed by atoms with van der Waals surface area (Å²) in [5.74, 6) is -0.0969. The fourth-order valence-corrected chi connectivity index (χ4v) is 2.86. The lowest BCUT2D eigenvalue weighted by atomic mass is 10.1. The number of esters is 1. The first-order valence-corrected chi connectivity index (χ1v) is 7.12. The third-order valence-corrected chi connectivity index (χ3v) is 4.34. The Morgan fingerprint density at radius 3 is 2.84 bits per heavy atom. The Morgan fingerprint density at radius 1 is 1.58 bits per heavy atom. The third-order valence-electron chi connectivity index (χ3n) is 3.26. The van der Waals surface area contributed by atoms with Gasteiger partial charge in [-0.25, -0.2) is 4.79 Å². The van der Waals surface area contributed by atoms with Gasteiger partial charge in [0.25, 0.3) is 0 Å². The standard InChI is InChI=1S/C13H18N2O3S/c1-7-6-19-12(13(17)18-2)11(7)15-10(16)5-9(14)8-3-4-8/h6,8-9H,3-5,14H2,1-2H3,(H,15,16). The number of hydrogen-bond donors (Lipinski definition) is 2. The number of nitrogens with two attached hydrogens (primary N) is 1. The molecule has 5 nitrogen and oxygen atoms in total. The monoisotopic (exact) mass is 282 g/mol. The van der Waals surface area contributed by atoms with Gasteiger partial charge in [-0.2, -0.15) is 0 Å². The maximum atomic E-state index is 11.9. The van der Waals surface area contributed by atoms with Crippen molar-refractivity contribution in [3.8, 4) is 0 Å². The molecule has 1 aliphatic carbocycles. The molecular formula is C13H18N2O3S. The zero-order valence-corrected chi connectivity index (χ0v) is 11.9. The number of amides is 1. The highest BCUT2D eigenvalue weighted by molar-refractivity contribution is 7.12. The molecule has 0 aliphatic heterocycles. The first kappa shape index (κ1) is 14.0. The van der Waals surface area contributed by atoms with E-state index in [-0.39, 0.29) is 11.9 Å². The molecular weight excluding hydrogens is 264 g/mol. The Kier molecular flexibility index (Phi) is 4.21. The van der Waals surface area contributed by atoms with Crippen LogP contribution in [0.15, 0.2) is 5.38 Å². The molecule has 2 rings (SSSR count). The van der Waals surface area contributed by atoms with Crippen molar-refractivity contribution in [2.45, 2.75) is 32.2 Å². The van der Waals surface area contributed by atoms with Crippen molar-refractivity contribution in [2.75, 3.05) is 12.4 Å². The number of carbonyl (C=O) groups excluding carboxylic acids is 2. The number of thiophene rings is 1. The molecule has 0 radical (unpaired) electrons. The summed E-state index contributed by atoms with van der Waals surface area (Å²) >= 11 is 1.27. The van der Waals surface area contributed by atoms with Crippen LogP contribution in [0.5, 0.6) is 0 Å². The number of anilines is 1. The smallest absolute Gasteiger partial charge is 0.350 e. The van der Waals surface area contributed by atoms with Crippen LogP contribution in [0.25, 0.3) is 0 Å². The average molecular weight is 282 g/mol. The number of methoxy groups -OCH3 is 1. The molecule has 0 saturated heterocycles. The molecule has 1 aliphatic rings. The molecule has 1 saturated carbocycles. The molecule has 104 valence electrons. The third kappa shape index (κ3) is 3.33. The van der Waals surface area contributed by atoms with Crippen molar-refractivity contribution in [1.82, 2.24) is 0 Å². The molecule has 1 aromatic heterocycles. The van der Waals surface area contributed by atoms with Gasteiger partial charge < -0.3 is 15.8 Å². The van der Waals surface area contributed by atoms with Crippen LogP contribution in [-0.2, 0) is 9.53 Å². The number of nitrogens with one attached hydrogen (secondary N) is 1. The van der Waals surface area contributed by atoms with Gasteiger partial charge in [0.1, 0.15) is 4.88 Å². The van der Waals surface area contributed by atoms with E-state index >= 15 is 0 Å². The number of carbonyl (C=O) groups is 2. The highest BCUT2D eigenvalue weighted by Gasteiger charge is 2.30. The van der Waals surface area contributed by atoms with Crippen LogP contribution in [0.3, 0.4) is 0 Å². The molecule has 1 atom stereocenters. The second-order valence-corrected chi connectivity index (χ2v) is 5.75. The number of ether oxygens (including phenoxy) is 1. The molecule has 0 spiro atoms. The van der Waals surface area contributed by atoms with Crippen LogP contribution in [0.1, 0.15) is 34.5 Å². The van der Waals surface area contributed by atoms with Crippen molar-refractivity contribution in [1.29, 1.82) is 0 Å². The molecule has 1 unspecified atom stereocenters. The predicted octanol–water partition coefficient (Wildman–Crippen LogP) is 1.91. The van der Waals surface area contributed by atoms with Gasteiger partial charge in [-0.15, -0.1) is 11.3 Å². The molecule has 1 amide bonds. The predicted molar refractivity (Wildman–Crippen MR) is 74.3 cm³/mol. The minimum absolute atomic E-state index is 0.0829. The molecule has 19 heavy (non-hydrogen) atoms. The molecule has 3 N–H and O–H groups in total. The van der Waals surface area contributed by atoms with Crippen LogP contribution < -0.4 is 11.1 Å². The Morgan fingerprint density at radius 2 is 2.26 bits per heavy atom. The minimum Gasteiger partial charge on any atom is -0.465 e. The summed E-state index contributed by atoms with van der Waals surface area (Å²) in [5.41, 5.74) is 7.33. The molecule has 1 heterocycles. The molecule has 1 aromatic rings. The van der Waals surface area contributed by atoms with Gasteiger partial charge >= 0.3 is 5.97 Å². The fourth-order valence-electron chi connectivity index (χ4n) is 1.94. The molecule has 1 fully saturated rings. The maximum Gasteiger partial charge on any atom is 0.350 e. The van der Waals surface area contributed by atoms with Gasteiger partial charge in [0, 0.05) is 12.5 Å². The van der Waals surface area contributed by atoms with E-state index < -0.39 is 5.97 Å². The van der Waals surface area contributed by atoms with Gasteiger partial charge in [-0.05, 0) is 36.6 Å². The normalized spacial score (nSPS) is 15.9. The van der Waals surface area contributed by atoms with Gasteiger partial charge in [-0.3, -0.25) is 4.79 Å². The van der Waals surface area contributed by atoms with Crippen molar-refractivity contribution >= 4 is 28.9 Å². The van der Waals surface area contributed by atoms with Crippen molar-refractivity contribution in [2.24, 2.45) is 11.7 Å². The van der Waals surface area contributed by atoms with E-state index in [1.165, 1.54) is 18.4 Å². The summed E-state index contributed by atoms with van der Waals surface area (Å²) in [6.07, 6.45) is 2.51. The van der Waals surface area contributed by atoms with Crippen molar-refractivity contribution in [3.05, 3.63) is 15.8 Å². The van der Waals surface area contributed by atoms with Gasteiger partial charge in [0.15, 0.2) is 0 Å². The average Bonchev–Trinajstić information content (AvgIpc) is 3.16. The van der Waals surface area contributed by atoms with E-state index in [2.05, 4.69) is 5.32 Å². The van der Waals surface area contributed by atoms with E-state index in [4.69, 9.17) is 10.5 Å². The van der Waals surface area contributed by atoms with Crippen molar-refractivity contribution < 1.29 is 14.3 Å². The zero-order valence-electron chi connectivity index (χ0n) is 11.1. The Balaban J connectivity index is 2.03. The maximum absolute atomic E-state index is 11.9. The number of aryl methyl sites for hydroxylation is 1. The lowest BCUT2D eigenvalue weighted by molar-refractivity contribution is -0.116. The van der Waals surface area contributed by atoms with E-state index in [9.17, 15) is 9.59 Å². The largest absolute Gasteiger partial charge is 0.465 e. The minimum atomic E-state index is -0.431. The summed E-state index contributed by atoms with van der Waals surface area (Å²) in [7, 11) is 1.33. The van der Waals surface area contributed by atoms with E-state index in [0.29, 0.717) is 22.9 Å². The summed E-state index contributed by atoms with van der Waals surface area (Å²) in [6, 6.07) is -0.0829. The van der Waals surface area contributed by atoms with E-state index in [1.54, 1.807) is 0 Å². The summed E-state index contributed by atoms with van der Waals surface area (Å²) in [5, 5.41) is 4.60. The number of rotatable bonds is 5. The lowest BCUT2D eigenvalue weighted by Crippen LogP contribution is -2.29. The first-order chi connectivity index (χ1) is 9.02. The van der Waals surface area contributed by atoms with Crippen molar-refractivity contribution in [3.63, 3.8) is 0 Å². The van der Waals surface area contributed by atoms with Crippen LogP contribution >= 0.6 is 11.3 Å². The summed E-state index contributed by atoms with van der Waals surface area (Å²) in [4.78, 5) is 23.9. The molecule has 0 bridgehead atoms. The van der Waals surface area contributed by atoms with Crippen LogP contribution in [0.2, 0.25) is 0 Å². The number of hydrogen-bond acceptors (Lipinski definition) is 5. The quantitative estimate of drug-likeness (QED) is 0.808. The highest BCUT2D eigenvalue weighted by Crippen LogP contribution is 2.33. The zero-order chi connectivity index (χ0) is 14.0. The molecule has 6 heteroatoms. The highest BCUT2D eigenvalue weighted by atomic mass is 32.1. The topological polar surface area (TPSA) is 81.4 Å². The Bertz CT molecular complexity index is 494. The molecule has 0 aromatic carbocycles. The Hall–Kier alpha value is -1.40. The fraction of sp³-hybridized carbons (Fsp3) is 0.538. The first-order valence-electron chi connectivity index (χ1n) is 6.24. The summed E-state index contributed by atoms with van der Waals surface area (Å²) in [6.45, 7) is 1.85. The second-order valence-electron chi connectivity index (χ2n) is 4.87. The van der Waals surface area contributed by atoms with E-state index in [0.717, 1.165) is 18.4 Å². The summed E-state index contributed by atoms with van der Waals surface area (Å²) < 4.78 is 4.70. The Labute approximate surface area is 116 Å². The van der Waals surface area contributed by atoms with E-state index in [1.807, 2.05) is 12.3 Å². The van der Waals surface area contributed by atoms with Gasteiger partial charge in [-0.1, -0.05) is 0 Å². The van der Waals surface area contributed by atoms with Gasteiger partial charge in [0.05, 0.1) is 12.8 Å². The lowest BCUT2D eigenvalue weighted by Gasteiger charge is -2.11. The SMILES string of the molecule is COC(=O)c1scc(C)c1NC(=O)CC(N)C1CC1. The van der Waals surface area contributed by atoms with Gasteiger partial charge in [0.2, 0.25) is 5.91 Å². The van der Waals surface area contributed by atoms with Crippen LogP contribution in [0.4, 0.5) is 5.69 Å². The van der Waals surface area contributed by atoms with Crippen LogP contribution in [-0.4, -0.2) is 25.0 Å².